The first-order valence-electron chi connectivity index (χ1n) is 9.17. The lowest BCUT2D eigenvalue weighted by atomic mass is 9.99. The number of pyridine rings is 1. The molecule has 6 nitrogen and oxygen atoms in total. The van der Waals surface area contributed by atoms with Crippen molar-refractivity contribution in [3.8, 4) is 5.75 Å². The van der Waals surface area contributed by atoms with Gasteiger partial charge in [-0.15, -0.1) is 11.3 Å². The number of rotatable bonds is 5. The summed E-state index contributed by atoms with van der Waals surface area (Å²) in [5.74, 6) is -1.59. The first kappa shape index (κ1) is 21.4. The van der Waals surface area contributed by atoms with Gasteiger partial charge in [0.2, 0.25) is 0 Å². The molecule has 1 unspecified atom stereocenters. The molecule has 1 fully saturated rings. The summed E-state index contributed by atoms with van der Waals surface area (Å²) in [7, 11) is 1.42. The summed E-state index contributed by atoms with van der Waals surface area (Å²) in [5, 5.41) is 13.3. The minimum atomic E-state index is -0.783. The number of amides is 1. The monoisotopic (exact) mass is 474 g/mol. The summed E-state index contributed by atoms with van der Waals surface area (Å²) in [6, 6.07) is 11.1. The molecule has 1 aliphatic heterocycles. The highest BCUT2D eigenvalue weighted by Crippen LogP contribution is 2.43. The summed E-state index contributed by atoms with van der Waals surface area (Å²) < 4.78 is 5.14. The Morgan fingerprint density at radius 2 is 1.94 bits per heavy atom. The topological polar surface area (TPSA) is 79.7 Å². The molecule has 158 valence electrons. The number of aliphatic hydroxyl groups is 1. The van der Waals surface area contributed by atoms with Crippen molar-refractivity contribution in [2.24, 2.45) is 0 Å². The zero-order chi connectivity index (χ0) is 22.1. The molecule has 1 saturated heterocycles. The number of aromatic nitrogens is 1. The van der Waals surface area contributed by atoms with E-state index in [9.17, 15) is 14.7 Å². The second-order valence-electron chi connectivity index (χ2n) is 6.74. The van der Waals surface area contributed by atoms with E-state index < -0.39 is 17.7 Å². The predicted molar refractivity (Wildman–Crippen MR) is 119 cm³/mol. The van der Waals surface area contributed by atoms with Crippen molar-refractivity contribution in [2.75, 3.05) is 7.11 Å². The van der Waals surface area contributed by atoms with Crippen molar-refractivity contribution >= 4 is 52.0 Å². The Hall–Kier alpha value is -2.87. The molecule has 1 atom stereocenters. The predicted octanol–water partition coefficient (Wildman–Crippen LogP) is 5.08. The highest BCUT2D eigenvalue weighted by atomic mass is 35.5. The first-order valence-corrected chi connectivity index (χ1v) is 10.8. The molecule has 1 amide bonds. The number of methoxy groups -OCH3 is 1. The van der Waals surface area contributed by atoms with E-state index in [1.165, 1.54) is 35.5 Å². The fourth-order valence-corrected chi connectivity index (χ4v) is 4.99. The van der Waals surface area contributed by atoms with Gasteiger partial charge in [-0.2, -0.15) is 0 Å². The van der Waals surface area contributed by atoms with Gasteiger partial charge in [-0.3, -0.25) is 14.6 Å². The number of carbonyl (C=O) groups is 2. The largest absolute Gasteiger partial charge is 0.507 e. The van der Waals surface area contributed by atoms with Crippen molar-refractivity contribution in [1.82, 2.24) is 9.88 Å². The second-order valence-corrected chi connectivity index (χ2v) is 8.53. The third kappa shape index (κ3) is 3.92. The Morgan fingerprint density at radius 1 is 1.19 bits per heavy atom. The molecule has 3 aromatic rings. The number of Topliss-reactive ketones (excluding diaryl/α,β-unsaturated/α-hetero) is 1. The van der Waals surface area contributed by atoms with Crippen LogP contribution >= 0.6 is 34.5 Å². The number of halogens is 2. The van der Waals surface area contributed by atoms with Gasteiger partial charge in [0.25, 0.3) is 11.7 Å². The van der Waals surface area contributed by atoms with Crippen LogP contribution in [0, 0.1) is 0 Å². The molecular weight excluding hydrogens is 459 g/mol. The lowest BCUT2D eigenvalue weighted by molar-refractivity contribution is -0.140. The van der Waals surface area contributed by atoms with Crippen LogP contribution in [0.5, 0.6) is 5.75 Å². The van der Waals surface area contributed by atoms with Crippen molar-refractivity contribution in [2.45, 2.75) is 12.6 Å². The van der Waals surface area contributed by atoms with E-state index in [1.54, 1.807) is 24.4 Å². The first-order chi connectivity index (χ1) is 14.9. The highest BCUT2D eigenvalue weighted by molar-refractivity contribution is 7.10. The Morgan fingerprint density at radius 3 is 2.52 bits per heavy atom. The van der Waals surface area contributed by atoms with Crippen molar-refractivity contribution in [3.05, 3.63) is 85.8 Å². The van der Waals surface area contributed by atoms with E-state index in [4.69, 9.17) is 27.9 Å². The molecule has 0 aliphatic carbocycles. The highest BCUT2D eigenvalue weighted by Gasteiger charge is 2.46. The molecule has 1 aliphatic rings. The molecule has 31 heavy (non-hydrogen) atoms. The second kappa shape index (κ2) is 8.70. The molecule has 3 heterocycles. The molecular formula is C22H16Cl2N2O4S. The molecule has 0 spiro atoms. The van der Waals surface area contributed by atoms with E-state index in [0.717, 1.165) is 4.88 Å². The molecule has 0 saturated carbocycles. The fourth-order valence-electron chi connectivity index (χ4n) is 3.50. The minimum Gasteiger partial charge on any atom is -0.507 e. The number of aliphatic hydroxyl groups excluding tert-OH is 1. The van der Waals surface area contributed by atoms with Gasteiger partial charge in [-0.05, 0) is 35.7 Å². The Balaban J connectivity index is 1.85. The van der Waals surface area contributed by atoms with Crippen LogP contribution in [-0.4, -0.2) is 33.8 Å². The van der Waals surface area contributed by atoms with Crippen LogP contribution in [0.3, 0.4) is 0 Å². The molecule has 9 heteroatoms. The third-order valence-corrected chi connectivity index (χ3v) is 6.37. The van der Waals surface area contributed by atoms with Gasteiger partial charge in [0.1, 0.15) is 11.8 Å². The summed E-state index contributed by atoms with van der Waals surface area (Å²) in [5.41, 5.74) is 0.815. The van der Waals surface area contributed by atoms with Gasteiger partial charge < -0.3 is 14.7 Å². The number of likely N-dealkylation sites (tertiary alicyclic amines) is 1. The van der Waals surface area contributed by atoms with Gasteiger partial charge in [0.15, 0.2) is 5.75 Å². The van der Waals surface area contributed by atoms with E-state index in [1.807, 2.05) is 17.5 Å². The summed E-state index contributed by atoms with van der Waals surface area (Å²) in [4.78, 5) is 32.3. The standard InChI is InChI=1S/C22H16Cl2N2O4S/c1-30-21-14(23)9-12(10-15(21)24)19(27)17-18(16-6-4-8-31-16)26(22(29)20(17)28)11-13-5-2-3-7-25-13/h2-10,18,27H,11H2,1H3/b19-17-. The zero-order valence-corrected chi connectivity index (χ0v) is 18.5. The fraction of sp³-hybridized carbons (Fsp3) is 0.136. The molecule has 2 aromatic heterocycles. The van der Waals surface area contributed by atoms with Crippen LogP contribution in [0.1, 0.15) is 22.2 Å². The van der Waals surface area contributed by atoms with Crippen LogP contribution in [0.4, 0.5) is 0 Å². The number of carbonyl (C=O) groups excluding carboxylic acids is 2. The number of nitrogens with zero attached hydrogens (tertiary/aromatic N) is 2. The SMILES string of the molecule is COc1c(Cl)cc(/C(O)=C2/C(=O)C(=O)N(Cc3ccccn3)C2c2cccs2)cc1Cl. The number of hydrogen-bond donors (Lipinski definition) is 1. The minimum absolute atomic E-state index is 0.0271. The van der Waals surface area contributed by atoms with Crippen LogP contribution in [0.25, 0.3) is 5.76 Å². The molecule has 0 radical (unpaired) electrons. The number of hydrogen-bond acceptors (Lipinski definition) is 6. The van der Waals surface area contributed by atoms with Crippen LogP contribution < -0.4 is 4.74 Å². The lowest BCUT2D eigenvalue weighted by Crippen LogP contribution is -2.29. The van der Waals surface area contributed by atoms with Crippen molar-refractivity contribution in [1.29, 1.82) is 0 Å². The summed E-state index contributed by atoms with van der Waals surface area (Å²) >= 11 is 13.8. The van der Waals surface area contributed by atoms with E-state index >= 15 is 0 Å². The average Bonchev–Trinajstić information content (AvgIpc) is 3.36. The number of benzene rings is 1. The van der Waals surface area contributed by atoms with Crippen LogP contribution in [0.2, 0.25) is 10.0 Å². The van der Waals surface area contributed by atoms with E-state index in [-0.39, 0.29) is 39.2 Å². The maximum absolute atomic E-state index is 13.0. The molecule has 0 bridgehead atoms. The van der Waals surface area contributed by atoms with E-state index in [0.29, 0.717) is 5.69 Å². The van der Waals surface area contributed by atoms with Crippen LogP contribution in [-0.2, 0) is 16.1 Å². The number of ether oxygens (including phenoxy) is 1. The number of ketones is 1. The van der Waals surface area contributed by atoms with Crippen molar-refractivity contribution < 1.29 is 19.4 Å². The Kier molecular flexibility index (Phi) is 6.00. The third-order valence-electron chi connectivity index (χ3n) is 4.89. The Labute approximate surface area is 192 Å². The number of thiophene rings is 1. The quantitative estimate of drug-likeness (QED) is 0.316. The maximum Gasteiger partial charge on any atom is 0.296 e. The smallest absolute Gasteiger partial charge is 0.296 e. The van der Waals surface area contributed by atoms with Crippen molar-refractivity contribution in [3.63, 3.8) is 0 Å². The summed E-state index contributed by atoms with van der Waals surface area (Å²) in [6.07, 6.45) is 1.62. The van der Waals surface area contributed by atoms with Gasteiger partial charge in [0.05, 0.1) is 35.0 Å². The van der Waals surface area contributed by atoms with E-state index in [2.05, 4.69) is 4.98 Å². The molecule has 4 rings (SSSR count). The average molecular weight is 475 g/mol. The van der Waals surface area contributed by atoms with Gasteiger partial charge in [-0.25, -0.2) is 0 Å². The maximum atomic E-state index is 13.0. The van der Waals surface area contributed by atoms with Gasteiger partial charge in [0, 0.05) is 16.6 Å². The Bertz CT molecular complexity index is 1160. The van der Waals surface area contributed by atoms with Crippen LogP contribution in [0.15, 0.2) is 59.6 Å². The lowest BCUT2D eigenvalue weighted by Gasteiger charge is -2.23. The van der Waals surface area contributed by atoms with Gasteiger partial charge >= 0.3 is 0 Å². The normalized spacial score (nSPS) is 17.9. The molecule has 1 N–H and O–H groups in total. The summed E-state index contributed by atoms with van der Waals surface area (Å²) in [6.45, 7) is 0.120. The van der Waals surface area contributed by atoms with Gasteiger partial charge in [-0.1, -0.05) is 35.3 Å². The zero-order valence-electron chi connectivity index (χ0n) is 16.2. The molecule has 1 aromatic carbocycles.